The summed E-state index contributed by atoms with van der Waals surface area (Å²) in [5.41, 5.74) is 6.75. The molecule has 0 aliphatic rings. The average Bonchev–Trinajstić information content (AvgIpc) is 2.64. The number of phenols is 1. The summed E-state index contributed by atoms with van der Waals surface area (Å²) in [6.45, 7) is 2.03. The van der Waals surface area contributed by atoms with Crippen LogP contribution in [0.2, 0.25) is 10.0 Å². The number of carbonyl (C=O) groups is 3. The molecule has 2 rings (SSSR count). The highest BCUT2D eigenvalue weighted by molar-refractivity contribution is 6.39. The summed E-state index contributed by atoms with van der Waals surface area (Å²) in [6, 6.07) is 8.75. The Morgan fingerprint density at radius 1 is 1.13 bits per heavy atom. The molecular formula is C21H22Cl2N2O5. The van der Waals surface area contributed by atoms with Crippen molar-refractivity contribution in [3.05, 3.63) is 63.1 Å². The molecule has 0 aliphatic carbocycles. The number of carboxylic acid groups (broad SMARTS) is 1. The van der Waals surface area contributed by atoms with E-state index in [0.717, 1.165) is 17.5 Å². The second kappa shape index (κ2) is 10.3. The number of rotatable bonds is 9. The summed E-state index contributed by atoms with van der Waals surface area (Å²) in [5, 5.41) is 21.1. The molecule has 0 saturated heterocycles. The van der Waals surface area contributed by atoms with Gasteiger partial charge in [0.15, 0.2) is 0 Å². The molecule has 1 unspecified atom stereocenters. The van der Waals surface area contributed by atoms with Gasteiger partial charge in [-0.25, -0.2) is 4.79 Å². The SMILES string of the molecule is CC(CCc1cc(Cl)c(C(=O)N[C@@H](CC(N)=O)C(=O)O)c(Cl)c1)c1cccc(O)c1. The molecule has 5 N–H and O–H groups in total. The fourth-order valence-corrected chi connectivity index (χ4v) is 3.70. The van der Waals surface area contributed by atoms with Gasteiger partial charge >= 0.3 is 5.97 Å². The van der Waals surface area contributed by atoms with Crippen LogP contribution in [0, 0.1) is 0 Å². The van der Waals surface area contributed by atoms with E-state index in [0.29, 0.717) is 6.42 Å². The molecule has 0 aliphatic heterocycles. The van der Waals surface area contributed by atoms with Crippen LogP contribution in [0.4, 0.5) is 0 Å². The molecule has 0 bridgehead atoms. The Labute approximate surface area is 183 Å². The van der Waals surface area contributed by atoms with Crippen LogP contribution in [0.5, 0.6) is 5.75 Å². The van der Waals surface area contributed by atoms with Gasteiger partial charge < -0.3 is 21.3 Å². The first-order chi connectivity index (χ1) is 14.1. The number of phenolic OH excluding ortho intramolecular Hbond substituents is 1. The summed E-state index contributed by atoms with van der Waals surface area (Å²) in [6.07, 6.45) is 0.820. The molecule has 2 aromatic carbocycles. The van der Waals surface area contributed by atoms with Gasteiger partial charge in [0.1, 0.15) is 11.8 Å². The van der Waals surface area contributed by atoms with Crippen molar-refractivity contribution in [2.75, 3.05) is 0 Å². The lowest BCUT2D eigenvalue weighted by molar-refractivity contribution is -0.140. The van der Waals surface area contributed by atoms with Gasteiger partial charge in [-0.05, 0) is 54.2 Å². The normalized spacial score (nSPS) is 12.8. The van der Waals surface area contributed by atoms with Crippen molar-refractivity contribution in [3.63, 3.8) is 0 Å². The number of nitrogens with one attached hydrogen (secondary N) is 1. The molecule has 2 amide bonds. The third-order valence-corrected chi connectivity index (χ3v) is 5.24. The van der Waals surface area contributed by atoms with Gasteiger partial charge in [-0.15, -0.1) is 0 Å². The van der Waals surface area contributed by atoms with Gasteiger partial charge in [0.2, 0.25) is 5.91 Å². The van der Waals surface area contributed by atoms with Crippen LogP contribution in [0.25, 0.3) is 0 Å². The minimum atomic E-state index is -1.48. The average molecular weight is 453 g/mol. The highest BCUT2D eigenvalue weighted by atomic mass is 35.5. The Morgan fingerprint density at radius 2 is 1.77 bits per heavy atom. The minimum Gasteiger partial charge on any atom is -0.508 e. The minimum absolute atomic E-state index is 0.0705. The van der Waals surface area contributed by atoms with Crippen molar-refractivity contribution >= 4 is 41.0 Å². The van der Waals surface area contributed by atoms with Crippen LogP contribution < -0.4 is 11.1 Å². The number of aryl methyl sites for hydroxylation is 1. The number of halogens is 2. The smallest absolute Gasteiger partial charge is 0.326 e. The van der Waals surface area contributed by atoms with E-state index in [1.54, 1.807) is 30.3 Å². The summed E-state index contributed by atoms with van der Waals surface area (Å²) in [4.78, 5) is 34.7. The van der Waals surface area contributed by atoms with Crippen LogP contribution in [0.15, 0.2) is 36.4 Å². The lowest BCUT2D eigenvalue weighted by atomic mass is 9.93. The van der Waals surface area contributed by atoms with E-state index in [9.17, 15) is 19.5 Å². The largest absolute Gasteiger partial charge is 0.508 e. The van der Waals surface area contributed by atoms with E-state index in [1.165, 1.54) is 0 Å². The monoisotopic (exact) mass is 452 g/mol. The van der Waals surface area contributed by atoms with Crippen molar-refractivity contribution in [1.82, 2.24) is 5.32 Å². The standard InChI is InChI=1S/C21H22Cl2N2O5/c1-11(13-3-2-4-14(26)9-13)5-6-12-7-15(22)19(16(23)8-12)20(28)25-17(21(29)30)10-18(24)27/h2-4,7-9,11,17,26H,5-6,10H2,1H3,(H2,24,27)(H,25,28)(H,29,30)/t11?,17-/m0/s1. The van der Waals surface area contributed by atoms with E-state index in [4.69, 9.17) is 34.0 Å². The molecule has 0 radical (unpaired) electrons. The molecule has 30 heavy (non-hydrogen) atoms. The summed E-state index contributed by atoms with van der Waals surface area (Å²) in [5.74, 6) is -2.69. The van der Waals surface area contributed by atoms with Crippen LogP contribution in [-0.2, 0) is 16.0 Å². The van der Waals surface area contributed by atoms with E-state index in [2.05, 4.69) is 5.32 Å². The predicted octanol–water partition coefficient (Wildman–Crippen LogP) is 3.49. The molecule has 0 aromatic heterocycles. The number of hydrogen-bond donors (Lipinski definition) is 4. The molecule has 0 saturated carbocycles. The second-order valence-corrected chi connectivity index (χ2v) is 7.82. The first kappa shape index (κ1) is 23.5. The van der Waals surface area contributed by atoms with Gasteiger partial charge in [0, 0.05) is 0 Å². The fourth-order valence-electron chi connectivity index (χ4n) is 3.00. The number of aliphatic carboxylic acids is 1. The third kappa shape index (κ3) is 6.37. The summed E-state index contributed by atoms with van der Waals surface area (Å²) >= 11 is 12.5. The number of carbonyl (C=O) groups excluding carboxylic acids is 2. The lowest BCUT2D eigenvalue weighted by Crippen LogP contribution is -2.43. The van der Waals surface area contributed by atoms with Gasteiger partial charge in [0.25, 0.3) is 5.91 Å². The van der Waals surface area contributed by atoms with Gasteiger partial charge in [-0.1, -0.05) is 42.3 Å². The second-order valence-electron chi connectivity index (χ2n) is 7.00. The van der Waals surface area contributed by atoms with Gasteiger partial charge in [-0.3, -0.25) is 9.59 Å². The van der Waals surface area contributed by atoms with Crippen LogP contribution in [-0.4, -0.2) is 34.0 Å². The quantitative estimate of drug-likeness (QED) is 0.462. The number of aromatic hydroxyl groups is 1. The first-order valence-electron chi connectivity index (χ1n) is 9.17. The third-order valence-electron chi connectivity index (χ3n) is 4.64. The maximum Gasteiger partial charge on any atom is 0.326 e. The maximum atomic E-state index is 12.5. The maximum absolute atomic E-state index is 12.5. The van der Waals surface area contributed by atoms with E-state index in [-0.39, 0.29) is 27.3 Å². The Morgan fingerprint density at radius 3 is 2.30 bits per heavy atom. The van der Waals surface area contributed by atoms with Gasteiger partial charge in [-0.2, -0.15) is 0 Å². The number of carboxylic acids is 1. The van der Waals surface area contributed by atoms with Crippen molar-refractivity contribution in [1.29, 1.82) is 0 Å². The molecule has 2 aromatic rings. The zero-order valence-electron chi connectivity index (χ0n) is 16.2. The van der Waals surface area contributed by atoms with Crippen molar-refractivity contribution in [2.24, 2.45) is 5.73 Å². The Kier molecular flexibility index (Phi) is 8.08. The lowest BCUT2D eigenvalue weighted by Gasteiger charge is -2.16. The molecule has 0 fully saturated rings. The first-order valence-corrected chi connectivity index (χ1v) is 9.93. The highest BCUT2D eigenvalue weighted by Gasteiger charge is 2.25. The Bertz CT molecular complexity index is 941. The van der Waals surface area contributed by atoms with Crippen LogP contribution in [0.1, 0.15) is 47.2 Å². The topological polar surface area (TPSA) is 130 Å². The van der Waals surface area contributed by atoms with Crippen molar-refractivity contribution in [2.45, 2.75) is 38.1 Å². The zero-order valence-corrected chi connectivity index (χ0v) is 17.7. The number of primary amides is 1. The highest BCUT2D eigenvalue weighted by Crippen LogP contribution is 2.29. The Balaban J connectivity index is 2.11. The molecule has 160 valence electrons. The molecule has 7 nitrogen and oxygen atoms in total. The number of nitrogens with two attached hydrogens (primary N) is 1. The van der Waals surface area contributed by atoms with Gasteiger partial charge in [0.05, 0.1) is 22.0 Å². The molecule has 2 atom stereocenters. The van der Waals surface area contributed by atoms with Crippen LogP contribution in [0.3, 0.4) is 0 Å². The van der Waals surface area contributed by atoms with Crippen LogP contribution >= 0.6 is 23.2 Å². The predicted molar refractivity (Wildman–Crippen MR) is 114 cm³/mol. The molecule has 0 heterocycles. The fraction of sp³-hybridized carbons (Fsp3) is 0.286. The van der Waals surface area contributed by atoms with Crippen molar-refractivity contribution in [3.8, 4) is 5.75 Å². The summed E-state index contributed by atoms with van der Waals surface area (Å²) in [7, 11) is 0. The molecule has 0 spiro atoms. The number of hydrogen-bond acceptors (Lipinski definition) is 4. The van der Waals surface area contributed by atoms with E-state index < -0.39 is 30.2 Å². The summed E-state index contributed by atoms with van der Waals surface area (Å²) < 4.78 is 0. The van der Waals surface area contributed by atoms with Crippen molar-refractivity contribution < 1.29 is 24.6 Å². The molecule has 9 heteroatoms. The van der Waals surface area contributed by atoms with E-state index >= 15 is 0 Å². The number of benzene rings is 2. The Hall–Kier alpha value is -2.77. The van der Waals surface area contributed by atoms with E-state index in [1.807, 2.05) is 13.0 Å². The zero-order chi connectivity index (χ0) is 22.4. The molecular weight excluding hydrogens is 431 g/mol. The number of amides is 2.